The Labute approximate surface area is 120 Å². The summed E-state index contributed by atoms with van der Waals surface area (Å²) in [6.07, 6.45) is 4.95. The van der Waals surface area contributed by atoms with Crippen LogP contribution in [0.15, 0.2) is 29.2 Å². The zero-order valence-electron chi connectivity index (χ0n) is 11.8. The third kappa shape index (κ3) is 4.57. The van der Waals surface area contributed by atoms with Gasteiger partial charge in [-0.3, -0.25) is 4.79 Å². The van der Waals surface area contributed by atoms with Gasteiger partial charge in [0.15, 0.2) is 0 Å². The van der Waals surface area contributed by atoms with Crippen molar-refractivity contribution in [3.8, 4) is 0 Å². The third-order valence-electron chi connectivity index (χ3n) is 3.85. The van der Waals surface area contributed by atoms with Crippen molar-refractivity contribution in [3.63, 3.8) is 0 Å². The van der Waals surface area contributed by atoms with Crippen molar-refractivity contribution in [1.29, 1.82) is 0 Å². The van der Waals surface area contributed by atoms with Crippen LogP contribution in [0.1, 0.15) is 38.2 Å². The minimum Gasteiger partial charge on any atom is -0.352 e. The van der Waals surface area contributed by atoms with E-state index in [1.165, 1.54) is 24.8 Å². The van der Waals surface area contributed by atoms with Crippen LogP contribution in [-0.4, -0.2) is 17.7 Å². The predicted octanol–water partition coefficient (Wildman–Crippen LogP) is 3.78. The molecule has 1 aliphatic carbocycles. The normalized spacial score (nSPS) is 23.1. The minimum atomic E-state index is 0.171. The number of benzene rings is 1. The lowest BCUT2D eigenvalue weighted by Crippen LogP contribution is -2.41. The highest BCUT2D eigenvalue weighted by atomic mass is 32.2. The zero-order chi connectivity index (χ0) is 13.7. The van der Waals surface area contributed by atoms with E-state index in [4.69, 9.17) is 0 Å². The van der Waals surface area contributed by atoms with Crippen molar-refractivity contribution >= 4 is 17.7 Å². The highest BCUT2D eigenvalue weighted by Gasteiger charge is 2.22. The van der Waals surface area contributed by atoms with Crippen LogP contribution in [0.3, 0.4) is 0 Å². The summed E-state index contributed by atoms with van der Waals surface area (Å²) < 4.78 is 0. The molecule has 2 rings (SSSR count). The number of thioether (sulfide) groups is 1. The van der Waals surface area contributed by atoms with Crippen LogP contribution in [0.5, 0.6) is 0 Å². The molecule has 0 spiro atoms. The number of nitrogens with one attached hydrogen (secondary N) is 1. The van der Waals surface area contributed by atoms with Crippen LogP contribution >= 0.6 is 11.8 Å². The van der Waals surface area contributed by atoms with Gasteiger partial charge in [0, 0.05) is 10.9 Å². The van der Waals surface area contributed by atoms with Crippen LogP contribution < -0.4 is 5.32 Å². The van der Waals surface area contributed by atoms with Crippen LogP contribution in [0.25, 0.3) is 0 Å². The summed E-state index contributed by atoms with van der Waals surface area (Å²) in [7, 11) is 0. The Morgan fingerprint density at radius 1 is 1.26 bits per heavy atom. The number of hydrogen-bond donors (Lipinski definition) is 1. The van der Waals surface area contributed by atoms with Crippen molar-refractivity contribution < 1.29 is 4.79 Å². The first kappa shape index (κ1) is 14.4. The smallest absolute Gasteiger partial charge is 0.230 e. The average molecular weight is 277 g/mol. The van der Waals surface area contributed by atoms with E-state index in [1.807, 2.05) is 0 Å². The molecule has 0 heterocycles. The van der Waals surface area contributed by atoms with E-state index in [1.54, 1.807) is 11.8 Å². The van der Waals surface area contributed by atoms with Crippen molar-refractivity contribution in [2.75, 3.05) is 5.75 Å². The highest BCUT2D eigenvalue weighted by molar-refractivity contribution is 8.00. The van der Waals surface area contributed by atoms with Gasteiger partial charge in [-0.25, -0.2) is 0 Å². The molecular weight excluding hydrogens is 254 g/mol. The summed E-state index contributed by atoms with van der Waals surface area (Å²) in [4.78, 5) is 13.1. The molecule has 0 aliphatic heterocycles. The molecule has 2 nitrogen and oxygen atoms in total. The van der Waals surface area contributed by atoms with Crippen LogP contribution in [0, 0.1) is 12.8 Å². The predicted molar refractivity (Wildman–Crippen MR) is 81.5 cm³/mol. The fourth-order valence-electron chi connectivity index (χ4n) is 2.56. The second-order valence-corrected chi connectivity index (χ2v) is 6.59. The fourth-order valence-corrected chi connectivity index (χ4v) is 3.27. The molecule has 0 saturated heterocycles. The molecule has 1 aliphatic rings. The molecule has 0 unspecified atom stereocenters. The number of amides is 1. The first-order valence-corrected chi connectivity index (χ1v) is 8.12. The maximum absolute atomic E-state index is 12.0. The standard InChI is InChI=1S/C16H23NOS/c1-12-7-9-14(10-8-12)19-11-16(18)17-15-6-4-3-5-13(15)2/h7-10,13,15H,3-6,11H2,1-2H3,(H,17,18)/t13-,15+/m1/s1. The minimum absolute atomic E-state index is 0.171. The van der Waals surface area contributed by atoms with Crippen LogP contribution in [-0.2, 0) is 4.79 Å². The first-order chi connectivity index (χ1) is 9.15. The Balaban J connectivity index is 1.76. The van der Waals surface area contributed by atoms with Crippen LogP contribution in [0.2, 0.25) is 0 Å². The number of aryl methyl sites for hydroxylation is 1. The van der Waals surface area contributed by atoms with E-state index < -0.39 is 0 Å². The van der Waals surface area contributed by atoms with Crippen LogP contribution in [0.4, 0.5) is 0 Å². The number of hydrogen-bond acceptors (Lipinski definition) is 2. The van der Waals surface area contributed by atoms with Crippen molar-refractivity contribution in [1.82, 2.24) is 5.32 Å². The molecule has 1 aromatic carbocycles. The number of carbonyl (C=O) groups is 1. The molecule has 0 bridgehead atoms. The van der Waals surface area contributed by atoms with Gasteiger partial charge in [-0.15, -0.1) is 11.8 Å². The SMILES string of the molecule is Cc1ccc(SCC(=O)N[C@H]2CCCC[C@H]2C)cc1. The van der Waals surface area contributed by atoms with Gasteiger partial charge >= 0.3 is 0 Å². The fraction of sp³-hybridized carbons (Fsp3) is 0.562. The number of rotatable bonds is 4. The third-order valence-corrected chi connectivity index (χ3v) is 4.86. The van der Waals surface area contributed by atoms with E-state index in [0.717, 1.165) is 11.3 Å². The molecule has 1 amide bonds. The topological polar surface area (TPSA) is 29.1 Å². The van der Waals surface area contributed by atoms with Gasteiger partial charge in [0.25, 0.3) is 0 Å². The lowest BCUT2D eigenvalue weighted by Gasteiger charge is -2.29. The average Bonchev–Trinajstić information content (AvgIpc) is 2.41. The summed E-state index contributed by atoms with van der Waals surface area (Å²) in [5.41, 5.74) is 1.25. The maximum Gasteiger partial charge on any atom is 0.230 e. The molecule has 3 heteroatoms. The molecule has 19 heavy (non-hydrogen) atoms. The number of carbonyl (C=O) groups excluding carboxylic acids is 1. The largest absolute Gasteiger partial charge is 0.352 e. The molecule has 0 aromatic heterocycles. The van der Waals surface area contributed by atoms with Crippen molar-refractivity contribution in [2.24, 2.45) is 5.92 Å². The molecule has 1 fully saturated rings. The Hall–Kier alpha value is -0.960. The molecule has 1 N–H and O–H groups in total. The lowest BCUT2D eigenvalue weighted by molar-refractivity contribution is -0.119. The van der Waals surface area contributed by atoms with Crippen molar-refractivity contribution in [3.05, 3.63) is 29.8 Å². The first-order valence-electron chi connectivity index (χ1n) is 7.14. The van der Waals surface area contributed by atoms with E-state index >= 15 is 0 Å². The molecule has 0 radical (unpaired) electrons. The summed E-state index contributed by atoms with van der Waals surface area (Å²) in [6, 6.07) is 8.72. The van der Waals surface area contributed by atoms with E-state index in [9.17, 15) is 4.79 Å². The highest BCUT2D eigenvalue weighted by Crippen LogP contribution is 2.24. The summed E-state index contributed by atoms with van der Waals surface area (Å²) in [6.45, 7) is 4.32. The van der Waals surface area contributed by atoms with Crippen molar-refractivity contribution in [2.45, 2.75) is 50.5 Å². The summed E-state index contributed by atoms with van der Waals surface area (Å²) in [5.74, 6) is 1.32. The van der Waals surface area contributed by atoms with Gasteiger partial charge in [0.2, 0.25) is 5.91 Å². The Morgan fingerprint density at radius 2 is 1.95 bits per heavy atom. The Kier molecular flexibility index (Phi) is 5.32. The zero-order valence-corrected chi connectivity index (χ0v) is 12.6. The van der Waals surface area contributed by atoms with E-state index in [0.29, 0.717) is 17.7 Å². The molecule has 2 atom stereocenters. The summed E-state index contributed by atoms with van der Waals surface area (Å²) >= 11 is 1.61. The molecule has 1 saturated carbocycles. The maximum atomic E-state index is 12.0. The molecule has 104 valence electrons. The Bertz CT molecular complexity index is 415. The molecule has 1 aromatic rings. The quantitative estimate of drug-likeness (QED) is 0.849. The van der Waals surface area contributed by atoms with Gasteiger partial charge in [-0.1, -0.05) is 37.5 Å². The van der Waals surface area contributed by atoms with Gasteiger partial charge in [-0.2, -0.15) is 0 Å². The van der Waals surface area contributed by atoms with E-state index in [-0.39, 0.29) is 5.91 Å². The second-order valence-electron chi connectivity index (χ2n) is 5.54. The monoisotopic (exact) mass is 277 g/mol. The summed E-state index contributed by atoms with van der Waals surface area (Å²) in [5, 5.41) is 3.19. The van der Waals surface area contributed by atoms with Gasteiger partial charge in [0.1, 0.15) is 0 Å². The van der Waals surface area contributed by atoms with E-state index in [2.05, 4.69) is 43.4 Å². The Morgan fingerprint density at radius 3 is 2.63 bits per heavy atom. The second kappa shape index (κ2) is 6.99. The van der Waals surface area contributed by atoms with Gasteiger partial charge in [0.05, 0.1) is 5.75 Å². The molecular formula is C16H23NOS. The van der Waals surface area contributed by atoms with Gasteiger partial charge < -0.3 is 5.32 Å². The van der Waals surface area contributed by atoms with Gasteiger partial charge in [-0.05, 0) is 37.8 Å². The lowest BCUT2D eigenvalue weighted by atomic mass is 9.86.